The summed E-state index contributed by atoms with van der Waals surface area (Å²) in [6, 6.07) is 3.88. The molecule has 1 rings (SSSR count). The molecule has 23 heavy (non-hydrogen) atoms. The third-order valence-corrected chi connectivity index (χ3v) is 4.14. The highest BCUT2D eigenvalue weighted by Gasteiger charge is 2.31. The number of rotatable bonds is 6. The Hall–Kier alpha value is -1.64. The number of carbonyl (C=O) groups is 2. The van der Waals surface area contributed by atoms with Crippen LogP contribution in [-0.2, 0) is 4.79 Å². The van der Waals surface area contributed by atoms with Crippen LogP contribution in [-0.4, -0.2) is 16.9 Å². The Labute approximate surface area is 140 Å². The first-order valence-corrected chi connectivity index (χ1v) is 8.27. The van der Waals surface area contributed by atoms with Crippen LogP contribution in [0.2, 0.25) is 0 Å². The monoisotopic (exact) mass is 318 g/mol. The van der Waals surface area contributed by atoms with Gasteiger partial charge >= 0.3 is 5.97 Å². The van der Waals surface area contributed by atoms with Gasteiger partial charge in [0.25, 0.3) is 0 Å². The van der Waals surface area contributed by atoms with Crippen LogP contribution in [0.5, 0.6) is 0 Å². The van der Waals surface area contributed by atoms with E-state index in [2.05, 4.69) is 20.8 Å². The Morgan fingerprint density at radius 1 is 1.09 bits per heavy atom. The molecule has 0 heterocycles. The maximum Gasteiger partial charge on any atom is 0.314 e. The Kier molecular flexibility index (Phi) is 6.15. The van der Waals surface area contributed by atoms with E-state index in [1.165, 1.54) is 0 Å². The number of ketones is 1. The molecule has 0 spiro atoms. The molecule has 1 N–H and O–H groups in total. The van der Waals surface area contributed by atoms with Gasteiger partial charge in [0.1, 0.15) is 5.92 Å². The normalized spacial score (nSPS) is 14.4. The minimum absolute atomic E-state index is 0.126. The summed E-state index contributed by atoms with van der Waals surface area (Å²) in [6.07, 6.45) is 1.29. The molecule has 2 unspecified atom stereocenters. The summed E-state index contributed by atoms with van der Waals surface area (Å²) >= 11 is 0. The molecule has 0 aliphatic heterocycles. The lowest BCUT2D eigenvalue weighted by Crippen LogP contribution is -2.28. The average molecular weight is 318 g/mol. The van der Waals surface area contributed by atoms with E-state index in [-0.39, 0.29) is 17.1 Å². The van der Waals surface area contributed by atoms with Gasteiger partial charge in [-0.3, -0.25) is 9.59 Å². The van der Waals surface area contributed by atoms with Gasteiger partial charge in [-0.05, 0) is 56.1 Å². The zero-order valence-electron chi connectivity index (χ0n) is 15.5. The quantitative estimate of drug-likeness (QED) is 0.596. The van der Waals surface area contributed by atoms with Crippen molar-refractivity contribution in [2.45, 2.75) is 61.3 Å². The van der Waals surface area contributed by atoms with E-state index in [4.69, 9.17) is 0 Å². The molecule has 0 radical (unpaired) electrons. The van der Waals surface area contributed by atoms with Gasteiger partial charge in [0.15, 0.2) is 5.78 Å². The fraction of sp³-hybridized carbons (Fsp3) is 0.600. The standard InChI is InChI=1S/C20H30O3/c1-12-8-14(3)17(15(4)9-12)18(21)16(19(22)23)10-13(2)11-20(5,6)7/h8-9,13,16H,10-11H2,1-7H3,(H,22,23). The highest BCUT2D eigenvalue weighted by Crippen LogP contribution is 2.30. The van der Waals surface area contributed by atoms with E-state index >= 15 is 0 Å². The largest absolute Gasteiger partial charge is 0.481 e. The molecular weight excluding hydrogens is 288 g/mol. The van der Waals surface area contributed by atoms with E-state index in [9.17, 15) is 14.7 Å². The third kappa shape index (κ3) is 5.49. The Balaban J connectivity index is 3.07. The molecule has 0 amide bonds. The molecular formula is C20H30O3. The van der Waals surface area contributed by atoms with Crippen molar-refractivity contribution in [2.75, 3.05) is 0 Å². The second kappa shape index (κ2) is 7.29. The third-order valence-electron chi connectivity index (χ3n) is 4.14. The summed E-state index contributed by atoms with van der Waals surface area (Å²) in [7, 11) is 0. The topological polar surface area (TPSA) is 54.4 Å². The van der Waals surface area contributed by atoms with Crippen LogP contribution in [0.3, 0.4) is 0 Å². The van der Waals surface area contributed by atoms with Crippen molar-refractivity contribution in [3.63, 3.8) is 0 Å². The summed E-state index contributed by atoms with van der Waals surface area (Å²) < 4.78 is 0. The van der Waals surface area contributed by atoms with Crippen molar-refractivity contribution < 1.29 is 14.7 Å². The minimum Gasteiger partial charge on any atom is -0.481 e. The van der Waals surface area contributed by atoms with E-state index in [0.29, 0.717) is 12.0 Å². The van der Waals surface area contributed by atoms with Gasteiger partial charge in [-0.15, -0.1) is 0 Å². The van der Waals surface area contributed by atoms with Crippen molar-refractivity contribution in [3.05, 3.63) is 34.4 Å². The van der Waals surface area contributed by atoms with Crippen LogP contribution in [0, 0.1) is 38.0 Å². The van der Waals surface area contributed by atoms with Gasteiger partial charge in [-0.1, -0.05) is 45.4 Å². The van der Waals surface area contributed by atoms with Gasteiger partial charge in [0.05, 0.1) is 0 Å². The van der Waals surface area contributed by atoms with Crippen molar-refractivity contribution in [2.24, 2.45) is 17.3 Å². The van der Waals surface area contributed by atoms with Crippen LogP contribution in [0.15, 0.2) is 12.1 Å². The van der Waals surface area contributed by atoms with Crippen molar-refractivity contribution >= 4 is 11.8 Å². The first kappa shape index (κ1) is 19.4. The molecule has 2 atom stereocenters. The highest BCUT2D eigenvalue weighted by atomic mass is 16.4. The minimum atomic E-state index is -1.02. The maximum atomic E-state index is 12.9. The number of carbonyl (C=O) groups excluding carboxylic acids is 1. The van der Waals surface area contributed by atoms with Crippen LogP contribution >= 0.6 is 0 Å². The molecule has 0 fully saturated rings. The predicted molar refractivity (Wildman–Crippen MR) is 94.0 cm³/mol. The molecule has 1 aromatic rings. The fourth-order valence-corrected chi connectivity index (χ4v) is 3.59. The number of benzene rings is 1. The van der Waals surface area contributed by atoms with Crippen LogP contribution in [0.25, 0.3) is 0 Å². The lowest BCUT2D eigenvalue weighted by atomic mass is 9.79. The predicted octanol–water partition coefficient (Wildman–Crippen LogP) is 4.96. The number of carboxylic acid groups (broad SMARTS) is 1. The molecule has 0 aromatic heterocycles. The first-order valence-electron chi connectivity index (χ1n) is 8.27. The van der Waals surface area contributed by atoms with E-state index in [1.807, 2.05) is 39.8 Å². The smallest absolute Gasteiger partial charge is 0.314 e. The van der Waals surface area contributed by atoms with E-state index in [0.717, 1.165) is 23.1 Å². The molecule has 128 valence electrons. The molecule has 0 aliphatic carbocycles. The number of hydrogen-bond donors (Lipinski definition) is 1. The lowest BCUT2D eigenvalue weighted by molar-refractivity contribution is -0.140. The Bertz CT molecular complexity index is 570. The summed E-state index contributed by atoms with van der Waals surface area (Å²) in [6.45, 7) is 14.2. The summed E-state index contributed by atoms with van der Waals surface area (Å²) in [5, 5.41) is 9.57. The molecule has 1 aromatic carbocycles. The second-order valence-corrected chi connectivity index (χ2v) is 8.13. The highest BCUT2D eigenvalue weighted by molar-refractivity contribution is 6.09. The molecule has 0 aliphatic rings. The summed E-state index contributed by atoms with van der Waals surface area (Å²) in [5.41, 5.74) is 3.52. The molecule has 3 nitrogen and oxygen atoms in total. The van der Waals surface area contributed by atoms with Crippen molar-refractivity contribution in [3.8, 4) is 0 Å². The fourth-order valence-electron chi connectivity index (χ4n) is 3.59. The van der Waals surface area contributed by atoms with Gasteiger partial charge in [0, 0.05) is 5.56 Å². The second-order valence-electron chi connectivity index (χ2n) is 8.13. The first-order chi connectivity index (χ1) is 10.4. The SMILES string of the molecule is Cc1cc(C)c(C(=O)C(CC(C)CC(C)(C)C)C(=O)O)c(C)c1. The molecule has 0 bridgehead atoms. The number of hydrogen-bond acceptors (Lipinski definition) is 2. The van der Waals surface area contributed by atoms with Gasteiger partial charge in [0.2, 0.25) is 0 Å². The molecule has 0 saturated heterocycles. The van der Waals surface area contributed by atoms with Gasteiger partial charge in [-0.25, -0.2) is 0 Å². The van der Waals surface area contributed by atoms with Crippen LogP contribution in [0.1, 0.15) is 67.6 Å². The number of aryl methyl sites for hydroxylation is 3. The zero-order valence-corrected chi connectivity index (χ0v) is 15.5. The van der Waals surface area contributed by atoms with E-state index < -0.39 is 11.9 Å². The van der Waals surface area contributed by atoms with Gasteiger partial charge < -0.3 is 5.11 Å². The molecule has 3 heteroatoms. The van der Waals surface area contributed by atoms with Crippen LogP contribution in [0.4, 0.5) is 0 Å². The summed E-state index contributed by atoms with van der Waals surface area (Å²) in [5.74, 6) is -2.05. The number of aliphatic carboxylic acids is 1. The lowest BCUT2D eigenvalue weighted by Gasteiger charge is -2.25. The average Bonchev–Trinajstić information content (AvgIpc) is 2.31. The van der Waals surface area contributed by atoms with Crippen molar-refractivity contribution in [1.82, 2.24) is 0 Å². The Morgan fingerprint density at radius 3 is 1.96 bits per heavy atom. The van der Waals surface area contributed by atoms with Crippen LogP contribution < -0.4 is 0 Å². The van der Waals surface area contributed by atoms with Crippen molar-refractivity contribution in [1.29, 1.82) is 0 Å². The zero-order chi connectivity index (χ0) is 17.9. The Morgan fingerprint density at radius 2 is 1.57 bits per heavy atom. The summed E-state index contributed by atoms with van der Waals surface area (Å²) in [4.78, 5) is 24.5. The number of Topliss-reactive ketones (excluding diaryl/α,β-unsaturated/α-hetero) is 1. The van der Waals surface area contributed by atoms with E-state index in [1.54, 1.807) is 0 Å². The van der Waals surface area contributed by atoms with Gasteiger partial charge in [-0.2, -0.15) is 0 Å². The maximum absolute atomic E-state index is 12.9. The molecule has 0 saturated carbocycles. The number of carboxylic acids is 1.